The summed E-state index contributed by atoms with van der Waals surface area (Å²) in [6, 6.07) is 9.12. The minimum Gasteiger partial charge on any atom is -0.410 e. The molecule has 2 atom stereocenters. The Labute approximate surface area is 124 Å². The second-order valence-electron chi connectivity index (χ2n) is 7.29. The molecule has 4 bridgehead atoms. The molecule has 0 spiro atoms. The van der Waals surface area contributed by atoms with Crippen LogP contribution in [0.5, 0.6) is 5.75 Å². The van der Waals surface area contributed by atoms with Crippen molar-refractivity contribution in [3.63, 3.8) is 0 Å². The van der Waals surface area contributed by atoms with E-state index in [1.807, 2.05) is 18.2 Å². The predicted molar refractivity (Wildman–Crippen MR) is 78.0 cm³/mol. The normalized spacial score (nSPS) is 40.0. The summed E-state index contributed by atoms with van der Waals surface area (Å²) in [6.07, 6.45) is 5.26. The molecule has 0 aliphatic heterocycles. The summed E-state index contributed by atoms with van der Waals surface area (Å²) in [7, 11) is 0. The van der Waals surface area contributed by atoms with E-state index in [2.05, 4.69) is 5.32 Å². The Morgan fingerprint density at radius 1 is 1.14 bits per heavy atom. The first kappa shape index (κ1) is 13.1. The Balaban J connectivity index is 1.48. The van der Waals surface area contributed by atoms with Crippen molar-refractivity contribution < 1.29 is 14.6 Å². The van der Waals surface area contributed by atoms with Crippen LogP contribution in [0.25, 0.3) is 0 Å². The van der Waals surface area contributed by atoms with Gasteiger partial charge in [-0.3, -0.25) is 0 Å². The van der Waals surface area contributed by atoms with E-state index >= 15 is 0 Å². The summed E-state index contributed by atoms with van der Waals surface area (Å²) in [5.74, 6) is 1.65. The first-order valence-corrected chi connectivity index (χ1v) is 7.82. The lowest BCUT2D eigenvalue weighted by Crippen LogP contribution is -2.65. The van der Waals surface area contributed by atoms with Gasteiger partial charge >= 0.3 is 6.09 Å². The van der Waals surface area contributed by atoms with Gasteiger partial charge in [0.15, 0.2) is 0 Å². The van der Waals surface area contributed by atoms with Crippen molar-refractivity contribution >= 4 is 6.09 Å². The number of para-hydroxylation sites is 1. The summed E-state index contributed by atoms with van der Waals surface area (Å²) in [4.78, 5) is 12.2. The summed E-state index contributed by atoms with van der Waals surface area (Å²) >= 11 is 0. The second kappa shape index (κ2) is 4.47. The fourth-order valence-corrected chi connectivity index (χ4v) is 5.20. The topological polar surface area (TPSA) is 58.6 Å². The van der Waals surface area contributed by atoms with Crippen LogP contribution in [0, 0.1) is 11.8 Å². The zero-order valence-electron chi connectivity index (χ0n) is 12.0. The quantitative estimate of drug-likeness (QED) is 0.879. The van der Waals surface area contributed by atoms with Gasteiger partial charge in [-0.1, -0.05) is 18.2 Å². The molecule has 2 N–H and O–H groups in total. The third kappa shape index (κ3) is 2.42. The van der Waals surface area contributed by atoms with E-state index in [1.54, 1.807) is 12.1 Å². The third-order valence-electron chi connectivity index (χ3n) is 5.35. The molecule has 1 amide bonds. The van der Waals surface area contributed by atoms with Gasteiger partial charge in [-0.25, -0.2) is 4.79 Å². The minimum atomic E-state index is -0.565. The van der Waals surface area contributed by atoms with Crippen molar-refractivity contribution in [1.29, 1.82) is 0 Å². The number of rotatable bonds is 2. The number of aliphatic hydroxyl groups is 1. The number of nitrogens with one attached hydrogen (secondary N) is 1. The van der Waals surface area contributed by atoms with Crippen LogP contribution in [0.15, 0.2) is 30.3 Å². The number of benzene rings is 1. The average molecular weight is 287 g/mol. The molecule has 4 saturated carbocycles. The minimum absolute atomic E-state index is 0.259. The van der Waals surface area contributed by atoms with Gasteiger partial charge in [0.2, 0.25) is 0 Å². The summed E-state index contributed by atoms with van der Waals surface area (Å²) in [5, 5.41) is 13.8. The van der Waals surface area contributed by atoms with Crippen molar-refractivity contribution in [3.8, 4) is 5.75 Å². The van der Waals surface area contributed by atoms with E-state index < -0.39 is 11.7 Å². The molecule has 4 fully saturated rings. The Morgan fingerprint density at radius 3 is 2.43 bits per heavy atom. The van der Waals surface area contributed by atoms with Crippen LogP contribution in [0.1, 0.15) is 38.5 Å². The molecule has 1 aromatic rings. The number of hydrogen-bond acceptors (Lipinski definition) is 3. The van der Waals surface area contributed by atoms with Gasteiger partial charge in [-0.15, -0.1) is 0 Å². The van der Waals surface area contributed by atoms with Gasteiger partial charge in [-0.05, 0) is 62.5 Å². The molecule has 0 radical (unpaired) electrons. The maximum atomic E-state index is 12.2. The highest BCUT2D eigenvalue weighted by Crippen LogP contribution is 2.57. The SMILES string of the molecule is O=C(NC12CC3CC(CC(O)(C3)C1)C2)Oc1ccccc1. The van der Waals surface area contributed by atoms with Crippen molar-refractivity contribution in [2.24, 2.45) is 11.8 Å². The van der Waals surface area contributed by atoms with E-state index in [9.17, 15) is 9.90 Å². The predicted octanol–water partition coefficient (Wildman–Crippen LogP) is 2.86. The molecule has 1 aromatic carbocycles. The van der Waals surface area contributed by atoms with Crippen LogP contribution in [-0.2, 0) is 0 Å². The number of carbonyl (C=O) groups excluding carboxylic acids is 1. The molecular formula is C17H21NO3. The Morgan fingerprint density at radius 2 is 1.81 bits per heavy atom. The Hall–Kier alpha value is -1.55. The molecule has 2 unspecified atom stereocenters. The number of carbonyl (C=O) groups is 1. The highest BCUT2D eigenvalue weighted by molar-refractivity contribution is 5.71. The van der Waals surface area contributed by atoms with Gasteiger partial charge in [0.1, 0.15) is 5.75 Å². The van der Waals surface area contributed by atoms with Crippen molar-refractivity contribution in [1.82, 2.24) is 5.32 Å². The number of ether oxygens (including phenoxy) is 1. The largest absolute Gasteiger partial charge is 0.413 e. The highest BCUT2D eigenvalue weighted by Gasteiger charge is 2.57. The maximum absolute atomic E-state index is 12.2. The van der Waals surface area contributed by atoms with Gasteiger partial charge in [-0.2, -0.15) is 0 Å². The standard InChI is InChI=1S/C17H21NO3/c19-15(21-14-4-2-1-3-5-14)18-16-7-12-6-13(8-16)10-17(20,9-12)11-16/h1-5,12-13,20H,6-11H2,(H,18,19). The molecule has 4 heteroatoms. The van der Waals surface area contributed by atoms with Gasteiger partial charge in [0, 0.05) is 5.54 Å². The van der Waals surface area contributed by atoms with Crippen LogP contribution >= 0.6 is 0 Å². The molecular weight excluding hydrogens is 266 g/mol. The zero-order valence-corrected chi connectivity index (χ0v) is 12.0. The zero-order chi connectivity index (χ0) is 14.5. The lowest BCUT2D eigenvalue weighted by Gasteiger charge is -2.60. The van der Waals surface area contributed by atoms with E-state index in [1.165, 1.54) is 6.42 Å². The second-order valence-corrected chi connectivity index (χ2v) is 7.29. The van der Waals surface area contributed by atoms with Crippen LogP contribution in [-0.4, -0.2) is 22.3 Å². The average Bonchev–Trinajstić information content (AvgIpc) is 2.35. The lowest BCUT2D eigenvalue weighted by atomic mass is 9.51. The first-order valence-electron chi connectivity index (χ1n) is 7.82. The Bertz CT molecular complexity index is 542. The van der Waals surface area contributed by atoms with Crippen LogP contribution in [0.3, 0.4) is 0 Å². The fourth-order valence-electron chi connectivity index (χ4n) is 5.20. The van der Waals surface area contributed by atoms with Crippen LogP contribution in [0.4, 0.5) is 4.79 Å². The molecule has 0 aromatic heterocycles. The van der Waals surface area contributed by atoms with Crippen LogP contribution in [0.2, 0.25) is 0 Å². The van der Waals surface area contributed by atoms with Crippen molar-refractivity contribution in [2.45, 2.75) is 49.7 Å². The Kier molecular flexibility index (Phi) is 2.80. The van der Waals surface area contributed by atoms with Gasteiger partial charge in [0.25, 0.3) is 0 Å². The molecule has 4 aliphatic carbocycles. The van der Waals surface area contributed by atoms with Gasteiger partial charge in [0.05, 0.1) is 5.60 Å². The summed E-state index contributed by atoms with van der Waals surface area (Å²) in [5.41, 5.74) is -0.825. The van der Waals surface area contributed by atoms with Crippen molar-refractivity contribution in [3.05, 3.63) is 30.3 Å². The maximum Gasteiger partial charge on any atom is 0.413 e. The molecule has 0 saturated heterocycles. The lowest BCUT2D eigenvalue weighted by molar-refractivity contribution is -0.139. The van der Waals surface area contributed by atoms with E-state index in [-0.39, 0.29) is 5.54 Å². The smallest absolute Gasteiger partial charge is 0.410 e. The molecule has 21 heavy (non-hydrogen) atoms. The third-order valence-corrected chi connectivity index (χ3v) is 5.35. The first-order chi connectivity index (χ1) is 10.0. The summed E-state index contributed by atoms with van der Waals surface area (Å²) < 4.78 is 5.35. The summed E-state index contributed by atoms with van der Waals surface area (Å²) in [6.45, 7) is 0. The molecule has 5 rings (SSSR count). The monoisotopic (exact) mass is 287 g/mol. The van der Waals surface area contributed by atoms with Crippen molar-refractivity contribution in [2.75, 3.05) is 0 Å². The molecule has 0 heterocycles. The van der Waals surface area contributed by atoms with Gasteiger partial charge < -0.3 is 15.2 Å². The molecule has 112 valence electrons. The molecule has 4 aliphatic rings. The van der Waals surface area contributed by atoms with Crippen LogP contribution < -0.4 is 10.1 Å². The van der Waals surface area contributed by atoms with E-state index in [0.717, 1.165) is 25.7 Å². The fraction of sp³-hybridized carbons (Fsp3) is 0.588. The van der Waals surface area contributed by atoms with E-state index in [4.69, 9.17) is 4.74 Å². The number of amides is 1. The number of hydrogen-bond donors (Lipinski definition) is 2. The molecule has 4 nitrogen and oxygen atoms in total. The van der Waals surface area contributed by atoms with E-state index in [0.29, 0.717) is 24.0 Å². The highest BCUT2D eigenvalue weighted by atomic mass is 16.6.